The SMILES string of the molecule is O=C1NC(=O)C(CCc2ccc(OCc3coc(C=Cc4ccccc4)n3)cc2)O1. The summed E-state index contributed by atoms with van der Waals surface area (Å²) in [6.07, 6.45) is 4.99. The van der Waals surface area contributed by atoms with Crippen molar-refractivity contribution in [3.63, 3.8) is 0 Å². The molecule has 1 unspecified atom stereocenters. The molecule has 7 heteroatoms. The maximum atomic E-state index is 11.5. The maximum absolute atomic E-state index is 11.5. The lowest BCUT2D eigenvalue weighted by Gasteiger charge is -2.08. The monoisotopic (exact) mass is 404 g/mol. The number of hydrogen-bond acceptors (Lipinski definition) is 6. The Bertz CT molecular complexity index is 1040. The van der Waals surface area contributed by atoms with Crippen LogP contribution in [0.1, 0.15) is 29.1 Å². The highest BCUT2D eigenvalue weighted by atomic mass is 16.6. The van der Waals surface area contributed by atoms with Gasteiger partial charge >= 0.3 is 6.09 Å². The van der Waals surface area contributed by atoms with Crippen LogP contribution >= 0.6 is 0 Å². The first kappa shape index (κ1) is 19.4. The smallest absolute Gasteiger partial charge is 0.414 e. The van der Waals surface area contributed by atoms with E-state index in [1.165, 1.54) is 0 Å². The molecule has 0 bridgehead atoms. The van der Waals surface area contributed by atoms with Gasteiger partial charge < -0.3 is 13.9 Å². The van der Waals surface area contributed by atoms with Gasteiger partial charge in [-0.3, -0.25) is 10.1 Å². The summed E-state index contributed by atoms with van der Waals surface area (Å²) >= 11 is 0. The number of rotatable bonds is 8. The predicted octanol–water partition coefficient (Wildman–Crippen LogP) is 3.99. The van der Waals surface area contributed by atoms with E-state index in [0.717, 1.165) is 11.1 Å². The Balaban J connectivity index is 1.25. The quantitative estimate of drug-likeness (QED) is 0.610. The van der Waals surface area contributed by atoms with Crippen molar-refractivity contribution in [2.24, 2.45) is 0 Å². The second-order valence-corrected chi connectivity index (χ2v) is 6.78. The first-order valence-electron chi connectivity index (χ1n) is 9.56. The Labute approximate surface area is 173 Å². The van der Waals surface area contributed by atoms with Crippen molar-refractivity contribution in [2.75, 3.05) is 0 Å². The van der Waals surface area contributed by atoms with E-state index in [-0.39, 0.29) is 5.91 Å². The van der Waals surface area contributed by atoms with Gasteiger partial charge in [0.1, 0.15) is 24.3 Å². The van der Waals surface area contributed by atoms with Gasteiger partial charge in [0.2, 0.25) is 5.89 Å². The average molecular weight is 404 g/mol. The number of alkyl carbamates (subject to hydrolysis) is 1. The van der Waals surface area contributed by atoms with Crippen LogP contribution in [0, 0.1) is 0 Å². The van der Waals surface area contributed by atoms with Crippen molar-refractivity contribution < 1.29 is 23.5 Å². The van der Waals surface area contributed by atoms with Gasteiger partial charge in [0.05, 0.1) is 0 Å². The van der Waals surface area contributed by atoms with E-state index in [1.54, 1.807) is 6.26 Å². The molecule has 2 aromatic carbocycles. The highest BCUT2D eigenvalue weighted by molar-refractivity contribution is 5.99. The normalized spacial score (nSPS) is 15.9. The van der Waals surface area contributed by atoms with Crippen LogP contribution in [-0.4, -0.2) is 23.1 Å². The molecule has 1 aromatic heterocycles. The molecule has 0 spiro atoms. The molecular formula is C23H20N2O5. The highest BCUT2D eigenvalue weighted by Crippen LogP contribution is 2.17. The number of carbonyl (C=O) groups is 2. The lowest BCUT2D eigenvalue weighted by molar-refractivity contribution is -0.123. The summed E-state index contributed by atoms with van der Waals surface area (Å²) in [7, 11) is 0. The second kappa shape index (κ2) is 9.09. The molecule has 30 heavy (non-hydrogen) atoms. The Kier molecular flexibility index (Phi) is 5.89. The molecule has 1 aliphatic rings. The van der Waals surface area contributed by atoms with Crippen molar-refractivity contribution in [1.29, 1.82) is 0 Å². The molecule has 0 radical (unpaired) electrons. The Morgan fingerprint density at radius 1 is 1.03 bits per heavy atom. The molecule has 4 rings (SSSR count). The predicted molar refractivity (Wildman–Crippen MR) is 109 cm³/mol. The zero-order chi connectivity index (χ0) is 20.8. The number of benzene rings is 2. The van der Waals surface area contributed by atoms with Gasteiger partial charge in [-0.05, 0) is 42.2 Å². The summed E-state index contributed by atoms with van der Waals surface area (Å²) in [6.45, 7) is 0.292. The third-order valence-electron chi connectivity index (χ3n) is 4.56. The van der Waals surface area contributed by atoms with Gasteiger partial charge in [0, 0.05) is 6.08 Å². The van der Waals surface area contributed by atoms with E-state index in [4.69, 9.17) is 13.9 Å². The number of aryl methyl sites for hydroxylation is 1. The maximum Gasteiger partial charge on any atom is 0.414 e. The van der Waals surface area contributed by atoms with E-state index in [9.17, 15) is 9.59 Å². The lowest BCUT2D eigenvalue weighted by Crippen LogP contribution is -2.24. The molecule has 0 saturated carbocycles. The number of carbonyl (C=O) groups excluding carboxylic acids is 2. The van der Waals surface area contributed by atoms with E-state index in [1.807, 2.05) is 66.7 Å². The van der Waals surface area contributed by atoms with Crippen LogP contribution in [0.4, 0.5) is 4.79 Å². The van der Waals surface area contributed by atoms with Gasteiger partial charge in [0.25, 0.3) is 5.91 Å². The topological polar surface area (TPSA) is 90.7 Å². The van der Waals surface area contributed by atoms with Crippen molar-refractivity contribution in [3.8, 4) is 5.75 Å². The first-order valence-corrected chi connectivity index (χ1v) is 9.56. The number of aromatic nitrogens is 1. The molecule has 1 fully saturated rings. The summed E-state index contributed by atoms with van der Waals surface area (Å²) in [5, 5.41) is 2.12. The van der Waals surface area contributed by atoms with Crippen molar-refractivity contribution >= 4 is 24.2 Å². The first-order chi connectivity index (χ1) is 14.7. The molecule has 2 heterocycles. The Morgan fingerprint density at radius 3 is 2.57 bits per heavy atom. The van der Waals surface area contributed by atoms with Gasteiger partial charge in [-0.2, -0.15) is 0 Å². The summed E-state index contributed by atoms with van der Waals surface area (Å²) in [4.78, 5) is 26.9. The number of cyclic esters (lactones) is 1. The summed E-state index contributed by atoms with van der Waals surface area (Å²) in [6, 6.07) is 17.5. The number of nitrogens with zero attached hydrogens (tertiary/aromatic N) is 1. The van der Waals surface area contributed by atoms with Crippen molar-refractivity contribution in [3.05, 3.63) is 83.6 Å². The summed E-state index contributed by atoms with van der Waals surface area (Å²) in [5.74, 6) is 0.836. The molecule has 0 aliphatic carbocycles. The van der Waals surface area contributed by atoms with Crippen LogP contribution in [0.2, 0.25) is 0 Å². The Morgan fingerprint density at radius 2 is 1.83 bits per heavy atom. The molecule has 2 amide bonds. The van der Waals surface area contributed by atoms with E-state index < -0.39 is 12.2 Å². The summed E-state index contributed by atoms with van der Waals surface area (Å²) < 4.78 is 16.1. The fraction of sp³-hybridized carbons (Fsp3) is 0.174. The van der Waals surface area contributed by atoms with Gasteiger partial charge in [-0.1, -0.05) is 42.5 Å². The minimum absolute atomic E-state index is 0.292. The molecule has 152 valence electrons. The minimum Gasteiger partial charge on any atom is -0.487 e. The van der Waals surface area contributed by atoms with Gasteiger partial charge in [-0.25, -0.2) is 9.78 Å². The van der Waals surface area contributed by atoms with E-state index >= 15 is 0 Å². The molecule has 1 atom stereocenters. The highest BCUT2D eigenvalue weighted by Gasteiger charge is 2.31. The fourth-order valence-electron chi connectivity index (χ4n) is 2.99. The lowest BCUT2D eigenvalue weighted by atomic mass is 10.1. The molecule has 3 aromatic rings. The van der Waals surface area contributed by atoms with Crippen LogP contribution in [0.25, 0.3) is 12.2 Å². The minimum atomic E-state index is -0.717. The number of hydrogen-bond donors (Lipinski definition) is 1. The molecule has 1 aliphatic heterocycles. The molecule has 1 saturated heterocycles. The van der Waals surface area contributed by atoms with Gasteiger partial charge in [0.15, 0.2) is 6.10 Å². The zero-order valence-electron chi connectivity index (χ0n) is 16.1. The standard InChI is InChI=1S/C23H20N2O5/c26-22-20(30-23(27)25-22)12-8-17-6-10-19(11-7-17)28-14-18-15-29-21(24-18)13-9-16-4-2-1-3-5-16/h1-7,9-11,13,15,20H,8,12,14H2,(H,25,26,27). The Hall–Kier alpha value is -3.87. The number of nitrogens with one attached hydrogen (secondary N) is 1. The third-order valence-corrected chi connectivity index (χ3v) is 4.56. The zero-order valence-corrected chi connectivity index (χ0v) is 16.1. The van der Waals surface area contributed by atoms with Crippen LogP contribution in [0.15, 0.2) is 65.3 Å². The number of oxazole rings is 1. The van der Waals surface area contributed by atoms with E-state index in [2.05, 4.69) is 10.3 Å². The van der Waals surface area contributed by atoms with Gasteiger partial charge in [-0.15, -0.1) is 0 Å². The number of amides is 2. The fourth-order valence-corrected chi connectivity index (χ4v) is 2.99. The summed E-state index contributed by atoms with van der Waals surface area (Å²) in [5.41, 5.74) is 2.79. The molecule has 7 nitrogen and oxygen atoms in total. The van der Waals surface area contributed by atoms with Crippen LogP contribution in [-0.2, 0) is 22.6 Å². The van der Waals surface area contributed by atoms with Crippen LogP contribution < -0.4 is 10.1 Å². The van der Waals surface area contributed by atoms with Crippen molar-refractivity contribution in [2.45, 2.75) is 25.6 Å². The number of ether oxygens (including phenoxy) is 2. The van der Waals surface area contributed by atoms with Crippen LogP contribution in [0.5, 0.6) is 5.75 Å². The molecular weight excluding hydrogens is 384 g/mol. The number of imide groups is 1. The third kappa shape index (κ3) is 5.14. The average Bonchev–Trinajstić information content (AvgIpc) is 3.36. The van der Waals surface area contributed by atoms with Crippen LogP contribution in [0.3, 0.4) is 0 Å². The van der Waals surface area contributed by atoms with E-state index in [0.29, 0.717) is 36.8 Å². The van der Waals surface area contributed by atoms with Crippen molar-refractivity contribution in [1.82, 2.24) is 10.3 Å². The second-order valence-electron chi connectivity index (χ2n) is 6.78. The largest absolute Gasteiger partial charge is 0.487 e. The molecule has 1 N–H and O–H groups in total.